The molecule has 0 spiro atoms. The summed E-state index contributed by atoms with van der Waals surface area (Å²) in [6, 6.07) is 0. The van der Waals surface area contributed by atoms with Gasteiger partial charge in [-0.25, -0.2) is 0 Å². The Morgan fingerprint density at radius 3 is 1.80 bits per heavy atom. The average molecular weight is 215 g/mol. The highest BCUT2D eigenvalue weighted by Crippen LogP contribution is 2.27. The number of hydrogen-bond acceptors (Lipinski definition) is 2. The van der Waals surface area contributed by atoms with Gasteiger partial charge in [0.2, 0.25) is 0 Å². The Kier molecular flexibility index (Phi) is 5.88. The molecule has 0 saturated heterocycles. The van der Waals surface area contributed by atoms with Gasteiger partial charge in [-0.1, -0.05) is 27.7 Å². The molecule has 0 rings (SSSR count). The van der Waals surface area contributed by atoms with Crippen molar-refractivity contribution < 1.29 is 9.90 Å². The third-order valence-corrected chi connectivity index (χ3v) is 2.62. The van der Waals surface area contributed by atoms with Crippen LogP contribution in [0.3, 0.4) is 0 Å². The average Bonchev–Trinajstić information content (AvgIpc) is 1.99. The maximum absolute atomic E-state index is 10.9. The zero-order valence-electron chi connectivity index (χ0n) is 10.6. The molecule has 0 heterocycles. The quantitative estimate of drug-likeness (QED) is 0.686. The van der Waals surface area contributed by atoms with Crippen LogP contribution < -0.4 is 5.32 Å². The number of carboxylic acids is 1. The van der Waals surface area contributed by atoms with E-state index in [4.69, 9.17) is 5.11 Å². The van der Waals surface area contributed by atoms with E-state index in [0.29, 0.717) is 11.8 Å². The molecule has 0 atom stereocenters. The molecule has 0 fully saturated rings. The molecule has 15 heavy (non-hydrogen) atoms. The molecular weight excluding hydrogens is 190 g/mol. The van der Waals surface area contributed by atoms with Crippen LogP contribution in [-0.2, 0) is 4.79 Å². The first-order chi connectivity index (χ1) is 6.81. The molecule has 0 aliphatic carbocycles. The molecule has 3 heteroatoms. The van der Waals surface area contributed by atoms with E-state index in [1.165, 1.54) is 0 Å². The third-order valence-electron chi connectivity index (χ3n) is 2.62. The van der Waals surface area contributed by atoms with Gasteiger partial charge in [0.25, 0.3) is 0 Å². The van der Waals surface area contributed by atoms with Gasteiger partial charge in [-0.2, -0.15) is 0 Å². The van der Waals surface area contributed by atoms with Crippen molar-refractivity contribution in [3.8, 4) is 0 Å². The van der Waals surface area contributed by atoms with Crippen LogP contribution in [0.5, 0.6) is 0 Å². The van der Waals surface area contributed by atoms with E-state index in [1.807, 2.05) is 7.05 Å². The molecule has 0 radical (unpaired) electrons. The van der Waals surface area contributed by atoms with Crippen LogP contribution >= 0.6 is 0 Å². The van der Waals surface area contributed by atoms with E-state index in [1.54, 1.807) is 0 Å². The highest BCUT2D eigenvalue weighted by atomic mass is 16.4. The minimum atomic E-state index is -0.717. The van der Waals surface area contributed by atoms with Gasteiger partial charge in [-0.15, -0.1) is 0 Å². The molecule has 0 bridgehead atoms. The lowest BCUT2D eigenvalue weighted by molar-refractivity contribution is -0.139. The number of rotatable bonds is 7. The first-order valence-corrected chi connectivity index (χ1v) is 5.72. The molecule has 2 N–H and O–H groups in total. The Balaban J connectivity index is 4.66. The number of hydrogen-bond donors (Lipinski definition) is 2. The first kappa shape index (κ1) is 14.4. The standard InChI is InChI=1S/C12H25NO2/c1-9(2)6-12(13-5,7-10(3)4)8-11(14)15/h9-10,13H,6-8H2,1-5H3,(H,14,15). The number of carboxylic acid groups (broad SMARTS) is 1. The fraction of sp³-hybridized carbons (Fsp3) is 0.917. The lowest BCUT2D eigenvalue weighted by Crippen LogP contribution is -2.47. The lowest BCUT2D eigenvalue weighted by Gasteiger charge is -2.35. The van der Waals surface area contributed by atoms with Crippen LogP contribution in [0.1, 0.15) is 47.0 Å². The molecule has 0 unspecified atom stereocenters. The van der Waals surface area contributed by atoms with Gasteiger partial charge in [0, 0.05) is 5.54 Å². The minimum Gasteiger partial charge on any atom is -0.481 e. The monoisotopic (exact) mass is 215 g/mol. The van der Waals surface area contributed by atoms with Crippen molar-refractivity contribution in [2.45, 2.75) is 52.5 Å². The largest absolute Gasteiger partial charge is 0.481 e. The Labute approximate surface area is 93.3 Å². The molecule has 0 amide bonds. The van der Waals surface area contributed by atoms with Crippen LogP contribution in [0, 0.1) is 11.8 Å². The van der Waals surface area contributed by atoms with Crippen molar-refractivity contribution in [1.82, 2.24) is 5.32 Å². The molecule has 0 aliphatic rings. The van der Waals surface area contributed by atoms with Gasteiger partial charge in [-0.05, 0) is 31.7 Å². The maximum Gasteiger partial charge on any atom is 0.305 e. The Hall–Kier alpha value is -0.570. The van der Waals surface area contributed by atoms with Crippen LogP contribution in [0.25, 0.3) is 0 Å². The summed E-state index contributed by atoms with van der Waals surface area (Å²) in [5, 5.41) is 12.2. The second kappa shape index (κ2) is 6.11. The summed E-state index contributed by atoms with van der Waals surface area (Å²) in [7, 11) is 1.87. The van der Waals surface area contributed by atoms with Gasteiger partial charge < -0.3 is 10.4 Å². The SMILES string of the molecule is CNC(CC(=O)O)(CC(C)C)CC(C)C. The van der Waals surface area contributed by atoms with E-state index >= 15 is 0 Å². The van der Waals surface area contributed by atoms with Gasteiger partial charge in [0.15, 0.2) is 0 Å². The molecule has 0 aliphatic heterocycles. The van der Waals surface area contributed by atoms with E-state index in [9.17, 15) is 4.79 Å². The fourth-order valence-corrected chi connectivity index (χ4v) is 2.37. The lowest BCUT2D eigenvalue weighted by atomic mass is 9.79. The van der Waals surface area contributed by atoms with Crippen molar-refractivity contribution in [2.24, 2.45) is 11.8 Å². The third kappa shape index (κ3) is 5.78. The predicted octanol–water partition coefficient (Wildman–Crippen LogP) is 2.51. The van der Waals surface area contributed by atoms with Crippen LogP contribution in [-0.4, -0.2) is 23.7 Å². The Morgan fingerprint density at radius 2 is 1.60 bits per heavy atom. The van der Waals surface area contributed by atoms with Crippen molar-refractivity contribution >= 4 is 5.97 Å². The zero-order valence-corrected chi connectivity index (χ0v) is 10.6. The van der Waals surface area contributed by atoms with Gasteiger partial charge >= 0.3 is 5.97 Å². The summed E-state index contributed by atoms with van der Waals surface area (Å²) in [6.45, 7) is 8.53. The van der Waals surface area contributed by atoms with Crippen LogP contribution in [0.4, 0.5) is 0 Å². The molecular formula is C12H25NO2. The van der Waals surface area contributed by atoms with E-state index in [0.717, 1.165) is 12.8 Å². The van der Waals surface area contributed by atoms with Crippen LogP contribution in [0.15, 0.2) is 0 Å². The molecule has 90 valence electrons. The molecule has 3 nitrogen and oxygen atoms in total. The molecule has 0 aromatic carbocycles. The Morgan fingerprint density at radius 1 is 1.20 bits per heavy atom. The normalized spacial score (nSPS) is 12.5. The number of nitrogens with one attached hydrogen (secondary N) is 1. The van der Waals surface area contributed by atoms with E-state index in [2.05, 4.69) is 33.0 Å². The minimum absolute atomic E-state index is 0.208. The fourth-order valence-electron chi connectivity index (χ4n) is 2.37. The summed E-state index contributed by atoms with van der Waals surface area (Å²) < 4.78 is 0. The van der Waals surface area contributed by atoms with Gasteiger partial charge in [0.05, 0.1) is 6.42 Å². The zero-order chi connectivity index (χ0) is 12.1. The second-order valence-corrected chi connectivity index (χ2v) is 5.30. The summed E-state index contributed by atoms with van der Waals surface area (Å²) in [5.74, 6) is 0.303. The van der Waals surface area contributed by atoms with Crippen molar-refractivity contribution in [3.63, 3.8) is 0 Å². The highest BCUT2D eigenvalue weighted by Gasteiger charge is 2.32. The number of aliphatic carboxylic acids is 1. The maximum atomic E-state index is 10.9. The van der Waals surface area contributed by atoms with Gasteiger partial charge in [-0.3, -0.25) is 4.79 Å². The topological polar surface area (TPSA) is 49.3 Å². The second-order valence-electron chi connectivity index (χ2n) is 5.30. The van der Waals surface area contributed by atoms with Gasteiger partial charge in [0.1, 0.15) is 0 Å². The molecule has 0 saturated carbocycles. The number of carbonyl (C=O) groups is 1. The first-order valence-electron chi connectivity index (χ1n) is 5.72. The molecule has 0 aromatic rings. The van der Waals surface area contributed by atoms with Crippen molar-refractivity contribution in [1.29, 1.82) is 0 Å². The van der Waals surface area contributed by atoms with Crippen molar-refractivity contribution in [2.75, 3.05) is 7.05 Å². The Bertz CT molecular complexity index is 190. The van der Waals surface area contributed by atoms with Crippen LogP contribution in [0.2, 0.25) is 0 Å². The predicted molar refractivity (Wildman–Crippen MR) is 63.0 cm³/mol. The van der Waals surface area contributed by atoms with E-state index in [-0.39, 0.29) is 12.0 Å². The summed E-state index contributed by atoms with van der Waals surface area (Å²) >= 11 is 0. The summed E-state index contributed by atoms with van der Waals surface area (Å²) in [5.41, 5.74) is -0.242. The van der Waals surface area contributed by atoms with E-state index < -0.39 is 5.97 Å². The summed E-state index contributed by atoms with van der Waals surface area (Å²) in [4.78, 5) is 10.9. The molecule has 0 aromatic heterocycles. The summed E-state index contributed by atoms with van der Waals surface area (Å²) in [6.07, 6.45) is 2.03. The smallest absolute Gasteiger partial charge is 0.305 e. The highest BCUT2D eigenvalue weighted by molar-refractivity contribution is 5.68. The van der Waals surface area contributed by atoms with Crippen molar-refractivity contribution in [3.05, 3.63) is 0 Å².